The van der Waals surface area contributed by atoms with E-state index < -0.39 is 0 Å². The summed E-state index contributed by atoms with van der Waals surface area (Å²) in [6.45, 7) is 2.16. The highest BCUT2D eigenvalue weighted by molar-refractivity contribution is 5.52. The second-order valence-corrected chi connectivity index (χ2v) is 4.08. The number of benzene rings is 1. The van der Waals surface area contributed by atoms with Crippen LogP contribution in [0.1, 0.15) is 31.4 Å². The summed E-state index contributed by atoms with van der Waals surface area (Å²) in [5.41, 5.74) is 1.05. The van der Waals surface area contributed by atoms with Gasteiger partial charge in [-0.3, -0.25) is 0 Å². The Hall–Kier alpha value is -1.42. The maximum atomic E-state index is 5.46. The molecule has 1 aromatic carbocycles. The third-order valence-electron chi connectivity index (χ3n) is 3.03. The van der Waals surface area contributed by atoms with Crippen molar-refractivity contribution in [3.63, 3.8) is 0 Å². The Labute approximate surface area is 109 Å². The van der Waals surface area contributed by atoms with Crippen LogP contribution in [0.3, 0.4) is 0 Å². The molecule has 102 valence electrons. The van der Waals surface area contributed by atoms with Crippen LogP contribution in [0.4, 0.5) is 0 Å². The van der Waals surface area contributed by atoms with Crippen LogP contribution in [0.2, 0.25) is 0 Å². The van der Waals surface area contributed by atoms with Crippen molar-refractivity contribution in [3.8, 4) is 17.2 Å². The zero-order valence-corrected chi connectivity index (χ0v) is 11.9. The van der Waals surface area contributed by atoms with Crippen LogP contribution in [0.15, 0.2) is 12.1 Å². The Bertz CT molecular complexity index is 354. The van der Waals surface area contributed by atoms with Crippen LogP contribution >= 0.6 is 0 Å². The van der Waals surface area contributed by atoms with Gasteiger partial charge in [0.15, 0.2) is 0 Å². The van der Waals surface area contributed by atoms with E-state index in [0.717, 1.165) is 35.7 Å². The van der Waals surface area contributed by atoms with Crippen LogP contribution in [0, 0.1) is 0 Å². The van der Waals surface area contributed by atoms with Crippen LogP contribution in [-0.2, 0) is 0 Å². The molecule has 0 aliphatic heterocycles. The largest absolute Gasteiger partial charge is 0.496 e. The summed E-state index contributed by atoms with van der Waals surface area (Å²) >= 11 is 0. The summed E-state index contributed by atoms with van der Waals surface area (Å²) in [5, 5.41) is 3.31. The molecule has 4 heteroatoms. The standard InChI is InChI=1S/C14H23NO3/c1-6-7-11(15-2)14-12(17-4)8-10(16-3)9-13(14)18-5/h8-9,11,15H,6-7H2,1-5H3. The van der Waals surface area contributed by atoms with E-state index in [1.807, 2.05) is 19.2 Å². The van der Waals surface area contributed by atoms with E-state index >= 15 is 0 Å². The lowest BCUT2D eigenvalue weighted by molar-refractivity contribution is 0.357. The lowest BCUT2D eigenvalue weighted by Crippen LogP contribution is -2.18. The smallest absolute Gasteiger partial charge is 0.131 e. The van der Waals surface area contributed by atoms with Gasteiger partial charge in [0.25, 0.3) is 0 Å². The van der Waals surface area contributed by atoms with Crippen LogP contribution < -0.4 is 19.5 Å². The number of methoxy groups -OCH3 is 3. The first-order valence-electron chi connectivity index (χ1n) is 6.18. The van der Waals surface area contributed by atoms with Gasteiger partial charge >= 0.3 is 0 Å². The van der Waals surface area contributed by atoms with Gasteiger partial charge in [0.1, 0.15) is 17.2 Å². The van der Waals surface area contributed by atoms with Gasteiger partial charge in [-0.2, -0.15) is 0 Å². The summed E-state index contributed by atoms with van der Waals surface area (Å²) in [6, 6.07) is 3.99. The molecule has 0 radical (unpaired) electrons. The first-order valence-corrected chi connectivity index (χ1v) is 6.18. The van der Waals surface area contributed by atoms with Gasteiger partial charge in [0.05, 0.1) is 26.9 Å². The molecule has 0 bridgehead atoms. The first kappa shape index (κ1) is 14.6. The molecule has 0 aliphatic carbocycles. The summed E-state index contributed by atoms with van der Waals surface area (Å²) in [7, 11) is 6.91. The molecule has 0 fully saturated rings. The Kier molecular flexibility index (Phi) is 5.78. The summed E-state index contributed by atoms with van der Waals surface area (Å²) in [6.07, 6.45) is 2.11. The highest BCUT2D eigenvalue weighted by Gasteiger charge is 2.20. The average Bonchev–Trinajstić information content (AvgIpc) is 2.43. The van der Waals surface area contributed by atoms with E-state index in [1.165, 1.54) is 0 Å². The average molecular weight is 253 g/mol. The number of nitrogens with one attached hydrogen (secondary N) is 1. The lowest BCUT2D eigenvalue weighted by atomic mass is 10.00. The number of hydrogen-bond acceptors (Lipinski definition) is 4. The molecule has 1 N–H and O–H groups in total. The predicted octanol–water partition coefficient (Wildman–Crippen LogP) is 2.77. The van der Waals surface area contributed by atoms with Crippen molar-refractivity contribution in [2.24, 2.45) is 0 Å². The van der Waals surface area contributed by atoms with Crippen molar-refractivity contribution in [1.82, 2.24) is 5.32 Å². The maximum Gasteiger partial charge on any atom is 0.131 e. The van der Waals surface area contributed by atoms with Crippen LogP contribution in [-0.4, -0.2) is 28.4 Å². The molecule has 1 atom stereocenters. The van der Waals surface area contributed by atoms with Gasteiger partial charge in [0, 0.05) is 18.2 Å². The summed E-state index contributed by atoms with van der Waals surface area (Å²) in [4.78, 5) is 0. The third-order valence-corrected chi connectivity index (χ3v) is 3.03. The van der Waals surface area contributed by atoms with Crippen molar-refractivity contribution in [2.75, 3.05) is 28.4 Å². The van der Waals surface area contributed by atoms with Gasteiger partial charge in [-0.15, -0.1) is 0 Å². The van der Waals surface area contributed by atoms with Crippen molar-refractivity contribution in [1.29, 1.82) is 0 Å². The minimum absolute atomic E-state index is 0.214. The fourth-order valence-electron chi connectivity index (χ4n) is 2.10. The van der Waals surface area contributed by atoms with Crippen LogP contribution in [0.5, 0.6) is 17.2 Å². The molecule has 0 heterocycles. The molecule has 0 saturated heterocycles. The molecule has 0 spiro atoms. The topological polar surface area (TPSA) is 39.7 Å². The minimum Gasteiger partial charge on any atom is -0.496 e. The van der Waals surface area contributed by atoms with E-state index in [-0.39, 0.29) is 6.04 Å². The quantitative estimate of drug-likeness (QED) is 0.811. The molecule has 1 unspecified atom stereocenters. The Morgan fingerprint density at radius 1 is 1.06 bits per heavy atom. The lowest BCUT2D eigenvalue weighted by Gasteiger charge is -2.22. The van der Waals surface area contributed by atoms with E-state index in [9.17, 15) is 0 Å². The van der Waals surface area contributed by atoms with Crippen LogP contribution in [0.25, 0.3) is 0 Å². The van der Waals surface area contributed by atoms with Gasteiger partial charge in [0.2, 0.25) is 0 Å². The highest BCUT2D eigenvalue weighted by Crippen LogP contribution is 2.39. The van der Waals surface area contributed by atoms with Crippen molar-refractivity contribution in [2.45, 2.75) is 25.8 Å². The van der Waals surface area contributed by atoms with E-state index in [0.29, 0.717) is 0 Å². The molecule has 18 heavy (non-hydrogen) atoms. The van der Waals surface area contributed by atoms with Gasteiger partial charge < -0.3 is 19.5 Å². The van der Waals surface area contributed by atoms with Crippen molar-refractivity contribution < 1.29 is 14.2 Å². The predicted molar refractivity (Wildman–Crippen MR) is 72.8 cm³/mol. The Morgan fingerprint density at radius 2 is 1.61 bits per heavy atom. The molecule has 4 nitrogen and oxygen atoms in total. The minimum atomic E-state index is 0.214. The molecule has 1 rings (SSSR count). The zero-order valence-electron chi connectivity index (χ0n) is 11.9. The molecular weight excluding hydrogens is 230 g/mol. The normalized spacial score (nSPS) is 12.1. The molecule has 0 aromatic heterocycles. The van der Waals surface area contributed by atoms with Crippen molar-refractivity contribution in [3.05, 3.63) is 17.7 Å². The number of hydrogen-bond donors (Lipinski definition) is 1. The van der Waals surface area contributed by atoms with E-state index in [1.54, 1.807) is 21.3 Å². The van der Waals surface area contributed by atoms with Gasteiger partial charge in [-0.25, -0.2) is 0 Å². The number of rotatable bonds is 7. The zero-order chi connectivity index (χ0) is 13.5. The molecule has 0 aliphatic rings. The van der Waals surface area contributed by atoms with Gasteiger partial charge in [-0.05, 0) is 13.5 Å². The second-order valence-electron chi connectivity index (χ2n) is 4.08. The molecular formula is C14H23NO3. The van der Waals surface area contributed by atoms with Crippen molar-refractivity contribution >= 4 is 0 Å². The number of ether oxygens (including phenoxy) is 3. The fraction of sp³-hybridized carbons (Fsp3) is 0.571. The SMILES string of the molecule is CCCC(NC)c1c(OC)cc(OC)cc1OC. The van der Waals surface area contributed by atoms with Gasteiger partial charge in [-0.1, -0.05) is 13.3 Å². The van der Waals surface area contributed by atoms with E-state index in [4.69, 9.17) is 14.2 Å². The second kappa shape index (κ2) is 7.11. The molecule has 1 aromatic rings. The highest BCUT2D eigenvalue weighted by atomic mass is 16.5. The summed E-state index contributed by atoms with van der Waals surface area (Å²) in [5.74, 6) is 2.32. The monoisotopic (exact) mass is 253 g/mol. The first-order chi connectivity index (χ1) is 8.71. The molecule has 0 saturated carbocycles. The maximum absolute atomic E-state index is 5.46. The van der Waals surface area contributed by atoms with E-state index in [2.05, 4.69) is 12.2 Å². The Morgan fingerprint density at radius 3 is 1.94 bits per heavy atom. The summed E-state index contributed by atoms with van der Waals surface area (Å²) < 4.78 is 16.2. The fourth-order valence-corrected chi connectivity index (χ4v) is 2.10. The third kappa shape index (κ3) is 3.07. The molecule has 0 amide bonds. The Balaban J connectivity index is 3.28.